The molecule has 92 valence electrons. The van der Waals surface area contributed by atoms with Crippen LogP contribution in [0.15, 0.2) is 0 Å². The standard InChI is InChI=1S/C11H21N3O2/c1-8(2)6-10(15)13-9-4-5-14(7-9)11(16)12-3/h8-9H,4-7H2,1-3H3,(H,12,16)(H,13,15)/t9-/m1/s1. The fraction of sp³-hybridized carbons (Fsp3) is 0.818. The molecule has 0 radical (unpaired) electrons. The van der Waals surface area contributed by atoms with Crippen LogP contribution in [0.4, 0.5) is 4.79 Å². The van der Waals surface area contributed by atoms with E-state index < -0.39 is 0 Å². The summed E-state index contributed by atoms with van der Waals surface area (Å²) < 4.78 is 0. The minimum atomic E-state index is -0.0689. The van der Waals surface area contributed by atoms with E-state index in [-0.39, 0.29) is 18.0 Å². The molecule has 5 heteroatoms. The molecule has 1 aliphatic rings. The van der Waals surface area contributed by atoms with Gasteiger partial charge in [-0.05, 0) is 12.3 Å². The molecule has 5 nitrogen and oxygen atoms in total. The Morgan fingerprint density at radius 2 is 2.12 bits per heavy atom. The van der Waals surface area contributed by atoms with E-state index in [0.717, 1.165) is 6.42 Å². The van der Waals surface area contributed by atoms with Gasteiger partial charge in [-0.15, -0.1) is 0 Å². The molecule has 1 aliphatic heterocycles. The average Bonchev–Trinajstić information content (AvgIpc) is 2.63. The second-order valence-corrected chi connectivity index (χ2v) is 4.65. The first-order valence-electron chi connectivity index (χ1n) is 5.79. The second kappa shape index (κ2) is 5.72. The second-order valence-electron chi connectivity index (χ2n) is 4.65. The van der Waals surface area contributed by atoms with Crippen LogP contribution in [0.5, 0.6) is 0 Å². The molecule has 1 rings (SSSR count). The number of rotatable bonds is 3. The van der Waals surface area contributed by atoms with Gasteiger partial charge in [-0.3, -0.25) is 4.79 Å². The number of nitrogens with one attached hydrogen (secondary N) is 2. The molecule has 3 amide bonds. The molecular weight excluding hydrogens is 206 g/mol. The van der Waals surface area contributed by atoms with Crippen LogP contribution in [0.2, 0.25) is 0 Å². The summed E-state index contributed by atoms with van der Waals surface area (Å²) in [6, 6.07) is 0.0455. The first-order valence-corrected chi connectivity index (χ1v) is 5.79. The third-order valence-electron chi connectivity index (χ3n) is 2.65. The minimum Gasteiger partial charge on any atom is -0.352 e. The number of nitrogens with zero attached hydrogens (tertiary/aromatic N) is 1. The van der Waals surface area contributed by atoms with E-state index in [9.17, 15) is 9.59 Å². The zero-order chi connectivity index (χ0) is 12.1. The summed E-state index contributed by atoms with van der Waals surface area (Å²) in [5, 5.41) is 5.55. The minimum absolute atomic E-state index is 0.0689. The predicted octanol–water partition coefficient (Wildman–Crippen LogP) is 0.562. The number of urea groups is 1. The molecule has 1 saturated heterocycles. The number of carbonyl (C=O) groups is 2. The smallest absolute Gasteiger partial charge is 0.317 e. The summed E-state index contributed by atoms with van der Waals surface area (Å²) in [4.78, 5) is 24.6. The van der Waals surface area contributed by atoms with Crippen LogP contribution in [0.1, 0.15) is 26.7 Å². The van der Waals surface area contributed by atoms with E-state index in [1.807, 2.05) is 13.8 Å². The Labute approximate surface area is 96.6 Å². The Morgan fingerprint density at radius 1 is 1.44 bits per heavy atom. The van der Waals surface area contributed by atoms with Gasteiger partial charge in [0.2, 0.25) is 5.91 Å². The molecule has 0 aromatic carbocycles. The van der Waals surface area contributed by atoms with E-state index in [1.54, 1.807) is 11.9 Å². The molecule has 0 bridgehead atoms. The van der Waals surface area contributed by atoms with Gasteiger partial charge in [-0.2, -0.15) is 0 Å². The van der Waals surface area contributed by atoms with Crippen molar-refractivity contribution < 1.29 is 9.59 Å². The van der Waals surface area contributed by atoms with Gasteiger partial charge >= 0.3 is 6.03 Å². The maximum atomic E-state index is 11.5. The molecule has 1 atom stereocenters. The number of hydrogen-bond donors (Lipinski definition) is 2. The fourth-order valence-corrected chi connectivity index (χ4v) is 1.88. The van der Waals surface area contributed by atoms with Crippen molar-refractivity contribution >= 4 is 11.9 Å². The van der Waals surface area contributed by atoms with E-state index in [1.165, 1.54) is 0 Å². The normalized spacial score (nSPS) is 20.0. The molecule has 0 aliphatic carbocycles. The zero-order valence-electron chi connectivity index (χ0n) is 10.2. The summed E-state index contributed by atoms with van der Waals surface area (Å²) in [7, 11) is 1.62. The topological polar surface area (TPSA) is 61.4 Å². The van der Waals surface area contributed by atoms with E-state index in [4.69, 9.17) is 0 Å². The lowest BCUT2D eigenvalue weighted by molar-refractivity contribution is -0.122. The molecule has 0 spiro atoms. The van der Waals surface area contributed by atoms with Gasteiger partial charge in [0.1, 0.15) is 0 Å². The highest BCUT2D eigenvalue weighted by molar-refractivity contribution is 5.77. The van der Waals surface area contributed by atoms with Crippen LogP contribution in [0, 0.1) is 5.92 Å². The summed E-state index contributed by atoms with van der Waals surface area (Å²) in [5.41, 5.74) is 0. The summed E-state index contributed by atoms with van der Waals surface area (Å²) in [6.45, 7) is 5.37. The lowest BCUT2D eigenvalue weighted by Crippen LogP contribution is -2.41. The highest BCUT2D eigenvalue weighted by Gasteiger charge is 2.26. The SMILES string of the molecule is CNC(=O)N1CC[C@@H](NC(=O)CC(C)C)C1. The molecule has 0 aromatic rings. The van der Waals surface area contributed by atoms with Crippen LogP contribution in [0.3, 0.4) is 0 Å². The number of likely N-dealkylation sites (tertiary alicyclic amines) is 1. The van der Waals surface area contributed by atoms with Crippen molar-refractivity contribution in [2.45, 2.75) is 32.7 Å². The van der Waals surface area contributed by atoms with Crippen molar-refractivity contribution in [2.24, 2.45) is 5.92 Å². The monoisotopic (exact) mass is 227 g/mol. The van der Waals surface area contributed by atoms with Crippen LogP contribution < -0.4 is 10.6 Å². The highest BCUT2D eigenvalue weighted by Crippen LogP contribution is 2.09. The molecule has 2 N–H and O–H groups in total. The first-order chi connectivity index (χ1) is 7.52. The average molecular weight is 227 g/mol. The molecule has 0 unspecified atom stereocenters. The Bertz CT molecular complexity index is 266. The van der Waals surface area contributed by atoms with Crippen LogP contribution >= 0.6 is 0 Å². The lowest BCUT2D eigenvalue weighted by Gasteiger charge is -2.16. The maximum absolute atomic E-state index is 11.5. The van der Waals surface area contributed by atoms with Crippen LogP contribution in [0.25, 0.3) is 0 Å². The van der Waals surface area contributed by atoms with Crippen molar-refractivity contribution in [2.75, 3.05) is 20.1 Å². The third kappa shape index (κ3) is 3.72. The van der Waals surface area contributed by atoms with Crippen molar-refractivity contribution in [1.29, 1.82) is 0 Å². The first kappa shape index (κ1) is 12.8. The van der Waals surface area contributed by atoms with E-state index in [0.29, 0.717) is 25.4 Å². The van der Waals surface area contributed by atoms with E-state index in [2.05, 4.69) is 10.6 Å². The zero-order valence-corrected chi connectivity index (χ0v) is 10.2. The Hall–Kier alpha value is -1.26. The van der Waals surface area contributed by atoms with Gasteiger partial charge in [0, 0.05) is 32.6 Å². The molecule has 1 fully saturated rings. The summed E-state index contributed by atoms with van der Waals surface area (Å²) >= 11 is 0. The maximum Gasteiger partial charge on any atom is 0.317 e. The van der Waals surface area contributed by atoms with Gasteiger partial charge < -0.3 is 15.5 Å². The van der Waals surface area contributed by atoms with Gasteiger partial charge in [-0.25, -0.2) is 4.79 Å². The predicted molar refractivity (Wildman–Crippen MR) is 62.0 cm³/mol. The molecule has 1 heterocycles. The van der Waals surface area contributed by atoms with Crippen molar-refractivity contribution in [1.82, 2.24) is 15.5 Å². The van der Waals surface area contributed by atoms with Crippen LogP contribution in [-0.4, -0.2) is 43.0 Å². The Balaban J connectivity index is 2.31. The number of carbonyl (C=O) groups excluding carboxylic acids is 2. The van der Waals surface area contributed by atoms with Crippen molar-refractivity contribution in [3.8, 4) is 0 Å². The van der Waals surface area contributed by atoms with Crippen molar-refractivity contribution in [3.05, 3.63) is 0 Å². The molecule has 0 aromatic heterocycles. The van der Waals surface area contributed by atoms with E-state index >= 15 is 0 Å². The largest absolute Gasteiger partial charge is 0.352 e. The Kier molecular flexibility index (Phi) is 4.58. The summed E-state index contributed by atoms with van der Waals surface area (Å²) in [6.07, 6.45) is 1.40. The number of hydrogen-bond acceptors (Lipinski definition) is 2. The van der Waals surface area contributed by atoms with Crippen LogP contribution in [-0.2, 0) is 4.79 Å². The quantitative estimate of drug-likeness (QED) is 0.740. The van der Waals surface area contributed by atoms with Gasteiger partial charge in [-0.1, -0.05) is 13.8 Å². The third-order valence-corrected chi connectivity index (χ3v) is 2.65. The highest BCUT2D eigenvalue weighted by atomic mass is 16.2. The van der Waals surface area contributed by atoms with Gasteiger partial charge in [0.15, 0.2) is 0 Å². The summed E-state index contributed by atoms with van der Waals surface area (Å²) in [5.74, 6) is 0.454. The van der Waals surface area contributed by atoms with Crippen molar-refractivity contribution in [3.63, 3.8) is 0 Å². The Morgan fingerprint density at radius 3 is 2.69 bits per heavy atom. The number of amides is 3. The lowest BCUT2D eigenvalue weighted by atomic mass is 10.1. The van der Waals surface area contributed by atoms with Gasteiger partial charge in [0.05, 0.1) is 0 Å². The molecule has 16 heavy (non-hydrogen) atoms. The van der Waals surface area contributed by atoms with Gasteiger partial charge in [0.25, 0.3) is 0 Å². The molecule has 0 saturated carbocycles. The molecular formula is C11H21N3O2. The fourth-order valence-electron chi connectivity index (χ4n) is 1.88.